The van der Waals surface area contributed by atoms with Crippen LogP contribution in [-0.2, 0) is 6.18 Å². The van der Waals surface area contributed by atoms with Crippen molar-refractivity contribution in [2.24, 2.45) is 0 Å². The van der Waals surface area contributed by atoms with Gasteiger partial charge >= 0.3 is 6.18 Å². The minimum atomic E-state index is -4.84. The molecule has 0 aliphatic heterocycles. The molecule has 13 heteroatoms. The van der Waals surface area contributed by atoms with Crippen LogP contribution in [0.4, 0.5) is 22.0 Å². The molecule has 0 bridgehead atoms. The maximum absolute atomic E-state index is 13.9. The van der Waals surface area contributed by atoms with Crippen molar-refractivity contribution < 1.29 is 31.6 Å². The van der Waals surface area contributed by atoms with E-state index in [0.717, 1.165) is 29.7 Å². The summed E-state index contributed by atoms with van der Waals surface area (Å²) in [6.07, 6.45) is 0.315. The van der Waals surface area contributed by atoms with Gasteiger partial charge in [-0.3, -0.25) is 0 Å². The van der Waals surface area contributed by atoms with Crippen LogP contribution in [0.15, 0.2) is 77.2 Å². The van der Waals surface area contributed by atoms with Gasteiger partial charge in [0, 0.05) is 5.02 Å². The molecule has 36 heavy (non-hydrogen) atoms. The summed E-state index contributed by atoms with van der Waals surface area (Å²) in [5, 5.41) is 18.7. The van der Waals surface area contributed by atoms with E-state index in [0.29, 0.717) is 9.70 Å². The van der Waals surface area contributed by atoms with Gasteiger partial charge < -0.3 is 9.63 Å². The fourth-order valence-corrected chi connectivity index (χ4v) is 3.75. The van der Waals surface area contributed by atoms with Gasteiger partial charge in [0.25, 0.3) is 0 Å². The first-order valence-corrected chi connectivity index (χ1v) is 11.1. The smallest absolute Gasteiger partial charge is 0.434 e. The lowest BCUT2D eigenvalue weighted by Gasteiger charge is -2.13. The Kier molecular flexibility index (Phi) is 8.43. The van der Waals surface area contributed by atoms with Crippen LogP contribution in [0.5, 0.6) is 5.88 Å². The highest BCUT2D eigenvalue weighted by atomic mass is 35.5. The number of halogens is 6. The largest absolute Gasteiger partial charge is 0.493 e. The molecule has 3 aromatic heterocycles. The number of thiazole rings is 1. The third-order valence-electron chi connectivity index (χ3n) is 4.38. The SMILES string of the molecule is C=C/C(F)=C\C(=C/C)n1ncc(-c2oncc2-c2nc(O)cs2)c1C(F)(F)F.Fc1cccc(Cl)c1. The minimum absolute atomic E-state index is 0.149. The highest BCUT2D eigenvalue weighted by molar-refractivity contribution is 7.13. The van der Waals surface area contributed by atoms with Gasteiger partial charge in [0.05, 0.1) is 34.6 Å². The van der Waals surface area contributed by atoms with E-state index < -0.39 is 23.3 Å². The number of rotatable bonds is 5. The maximum atomic E-state index is 13.9. The van der Waals surface area contributed by atoms with Gasteiger partial charge in [-0.25, -0.2) is 18.4 Å². The number of benzene rings is 1. The lowest BCUT2D eigenvalue weighted by Crippen LogP contribution is -2.15. The Labute approximate surface area is 210 Å². The molecular formula is C23H16ClF5N4O2S. The monoisotopic (exact) mass is 542 g/mol. The number of hydrogen-bond acceptors (Lipinski definition) is 6. The second kappa shape index (κ2) is 11.3. The summed E-state index contributed by atoms with van der Waals surface area (Å²) in [5.41, 5.74) is -1.57. The van der Waals surface area contributed by atoms with E-state index in [1.165, 1.54) is 36.7 Å². The van der Waals surface area contributed by atoms with Crippen molar-refractivity contribution in [1.29, 1.82) is 0 Å². The summed E-state index contributed by atoms with van der Waals surface area (Å²) in [4.78, 5) is 3.82. The summed E-state index contributed by atoms with van der Waals surface area (Å²) in [6, 6.07) is 5.82. The van der Waals surface area contributed by atoms with Crippen LogP contribution < -0.4 is 0 Å². The summed E-state index contributed by atoms with van der Waals surface area (Å²) >= 11 is 6.41. The van der Waals surface area contributed by atoms with Crippen molar-refractivity contribution in [2.75, 3.05) is 0 Å². The molecule has 1 aromatic carbocycles. The van der Waals surface area contributed by atoms with Crippen LogP contribution in [0.3, 0.4) is 0 Å². The lowest BCUT2D eigenvalue weighted by molar-refractivity contribution is -0.142. The number of aromatic hydroxyl groups is 1. The molecule has 0 atom stereocenters. The maximum Gasteiger partial charge on any atom is 0.434 e. The van der Waals surface area contributed by atoms with E-state index in [1.807, 2.05) is 0 Å². The molecule has 4 aromatic rings. The Balaban J connectivity index is 0.000000383. The zero-order valence-corrected chi connectivity index (χ0v) is 19.9. The second-order valence-corrected chi connectivity index (χ2v) is 8.08. The Morgan fingerprint density at radius 2 is 2.00 bits per heavy atom. The summed E-state index contributed by atoms with van der Waals surface area (Å²) in [6.45, 7) is 4.68. The van der Waals surface area contributed by atoms with Crippen LogP contribution in [-0.4, -0.2) is 25.0 Å². The predicted molar refractivity (Wildman–Crippen MR) is 126 cm³/mol. The number of aromatic nitrogens is 4. The molecule has 0 aliphatic rings. The van der Waals surface area contributed by atoms with Gasteiger partial charge in [0.15, 0.2) is 11.5 Å². The molecule has 3 heterocycles. The Bertz CT molecular complexity index is 1400. The molecule has 0 spiro atoms. The Morgan fingerprint density at radius 1 is 1.25 bits per heavy atom. The summed E-state index contributed by atoms with van der Waals surface area (Å²) < 4.78 is 72.8. The van der Waals surface area contributed by atoms with Crippen LogP contribution in [0, 0.1) is 5.82 Å². The van der Waals surface area contributed by atoms with Crippen molar-refractivity contribution in [1.82, 2.24) is 19.9 Å². The second-order valence-electron chi connectivity index (χ2n) is 6.78. The highest BCUT2D eigenvalue weighted by Crippen LogP contribution is 2.42. The average Bonchev–Trinajstić information content (AvgIpc) is 3.55. The molecule has 0 radical (unpaired) electrons. The van der Waals surface area contributed by atoms with E-state index >= 15 is 0 Å². The first-order valence-electron chi connectivity index (χ1n) is 9.87. The van der Waals surface area contributed by atoms with E-state index in [4.69, 9.17) is 16.1 Å². The summed E-state index contributed by atoms with van der Waals surface area (Å²) in [7, 11) is 0. The Hall–Kier alpha value is -3.77. The molecule has 0 saturated carbocycles. The van der Waals surface area contributed by atoms with Crippen LogP contribution >= 0.6 is 22.9 Å². The summed E-state index contributed by atoms with van der Waals surface area (Å²) in [5.74, 6) is -1.62. The number of allylic oxidation sites excluding steroid dienone is 5. The average molecular weight is 543 g/mol. The fraction of sp³-hybridized carbons (Fsp3) is 0.0870. The van der Waals surface area contributed by atoms with E-state index in [9.17, 15) is 27.1 Å². The van der Waals surface area contributed by atoms with Crippen molar-refractivity contribution in [3.05, 3.63) is 89.2 Å². The molecule has 0 unspecified atom stereocenters. The molecule has 0 fully saturated rings. The third kappa shape index (κ3) is 6.26. The highest BCUT2D eigenvalue weighted by Gasteiger charge is 2.41. The molecular weight excluding hydrogens is 527 g/mol. The molecule has 1 N–H and O–H groups in total. The van der Waals surface area contributed by atoms with Gasteiger partial charge in [0.2, 0.25) is 5.88 Å². The molecule has 4 rings (SSSR count). The first-order chi connectivity index (χ1) is 17.0. The Morgan fingerprint density at radius 3 is 2.53 bits per heavy atom. The molecule has 188 valence electrons. The molecule has 6 nitrogen and oxygen atoms in total. The topological polar surface area (TPSA) is 77.0 Å². The number of nitrogens with zero attached hydrogens (tertiary/aromatic N) is 4. The normalized spacial score (nSPS) is 12.3. The van der Waals surface area contributed by atoms with E-state index in [1.54, 1.807) is 12.1 Å². The van der Waals surface area contributed by atoms with Crippen molar-refractivity contribution in [3.8, 4) is 27.8 Å². The quantitative estimate of drug-likeness (QED) is 0.206. The van der Waals surface area contributed by atoms with E-state index in [-0.39, 0.29) is 33.7 Å². The first kappa shape index (κ1) is 26.8. The zero-order valence-electron chi connectivity index (χ0n) is 18.3. The standard InChI is InChI=1S/C17H12F4N4O2S.C6H4ClF/c1-3-9(18)5-10(4-2)25-15(17(19,20)21)11(6-22-25)14-12(7-23-27-14)16-24-13(26)8-28-16;7-5-2-1-3-6(8)4-5/h3-8,26H,1H2,2H3;1-4H/b9-5+,10-4+;. The predicted octanol–water partition coefficient (Wildman–Crippen LogP) is 7.77. The van der Waals surface area contributed by atoms with Gasteiger partial charge in [-0.15, -0.1) is 11.3 Å². The van der Waals surface area contributed by atoms with E-state index in [2.05, 4.69) is 21.8 Å². The number of hydrogen-bond donors (Lipinski definition) is 1. The van der Waals surface area contributed by atoms with Gasteiger partial charge in [-0.2, -0.15) is 18.3 Å². The van der Waals surface area contributed by atoms with Crippen LogP contribution in [0.2, 0.25) is 5.02 Å². The van der Waals surface area contributed by atoms with Crippen molar-refractivity contribution >= 4 is 28.6 Å². The van der Waals surface area contributed by atoms with Crippen molar-refractivity contribution in [2.45, 2.75) is 13.1 Å². The number of alkyl halides is 3. The molecule has 0 amide bonds. The fourth-order valence-electron chi connectivity index (χ4n) is 2.89. The molecule has 0 saturated heterocycles. The lowest BCUT2D eigenvalue weighted by atomic mass is 10.1. The van der Waals surface area contributed by atoms with Crippen LogP contribution in [0.1, 0.15) is 12.6 Å². The van der Waals surface area contributed by atoms with Gasteiger partial charge in [-0.1, -0.05) is 35.5 Å². The van der Waals surface area contributed by atoms with Gasteiger partial charge in [-0.05, 0) is 37.3 Å². The van der Waals surface area contributed by atoms with Crippen molar-refractivity contribution in [3.63, 3.8) is 0 Å². The van der Waals surface area contributed by atoms with Crippen LogP contribution in [0.25, 0.3) is 27.6 Å². The zero-order chi connectivity index (χ0) is 26.5. The third-order valence-corrected chi connectivity index (χ3v) is 5.48. The van der Waals surface area contributed by atoms with Gasteiger partial charge in [0.1, 0.15) is 16.7 Å². The molecule has 0 aliphatic carbocycles. The minimum Gasteiger partial charge on any atom is -0.493 e.